The van der Waals surface area contributed by atoms with Crippen molar-refractivity contribution < 1.29 is 30.0 Å². The molecule has 0 aromatic rings. The minimum absolute atomic E-state index is 0.290. The Morgan fingerprint density at radius 2 is 1.05 bits per heavy atom. The average Bonchev–Trinajstić information content (AvgIpc) is 2.99. The molecule has 5 atom stereocenters. The summed E-state index contributed by atoms with van der Waals surface area (Å²) in [4.78, 5) is 12.1. The molecular weight excluding hydrogens is 530 g/mol. The number of hydrogen-bond donors (Lipinski definition) is 5. The first-order valence-electron chi connectivity index (χ1n) is 17.1. The van der Waals surface area contributed by atoms with Crippen molar-refractivity contribution in [3.8, 4) is 23.7 Å². The molecule has 1 aliphatic heterocycles. The fourth-order valence-electron chi connectivity index (χ4n) is 5.28. The lowest BCUT2D eigenvalue weighted by atomic mass is 9.98. The molecule has 1 fully saturated rings. The second-order valence-corrected chi connectivity index (χ2v) is 11.9. The Hall–Kier alpha value is -1.61. The van der Waals surface area contributed by atoms with Gasteiger partial charge in [0.1, 0.15) is 24.4 Å². The van der Waals surface area contributed by atoms with Gasteiger partial charge in [-0.2, -0.15) is 0 Å². The summed E-state index contributed by atoms with van der Waals surface area (Å²) in [5.74, 6) is 12.0. The highest BCUT2D eigenvalue weighted by Gasteiger charge is 2.43. The minimum Gasteiger partial charge on any atom is -0.394 e. The third-order valence-corrected chi connectivity index (χ3v) is 8.05. The van der Waals surface area contributed by atoms with Gasteiger partial charge in [-0.3, -0.25) is 4.79 Å². The van der Waals surface area contributed by atoms with Gasteiger partial charge in [-0.25, -0.2) is 0 Å². The van der Waals surface area contributed by atoms with Crippen LogP contribution in [0.15, 0.2) is 0 Å². The zero-order valence-electron chi connectivity index (χ0n) is 26.5. The summed E-state index contributed by atoms with van der Waals surface area (Å²) >= 11 is 0. The number of carbonyl (C=O) groups excluding carboxylic acids is 1. The molecule has 5 N–H and O–H groups in total. The topological polar surface area (TPSA) is 119 Å². The number of hydrogen-bond acceptors (Lipinski definition) is 6. The van der Waals surface area contributed by atoms with Crippen molar-refractivity contribution in [1.82, 2.24) is 5.32 Å². The van der Waals surface area contributed by atoms with E-state index >= 15 is 0 Å². The van der Waals surface area contributed by atoms with Gasteiger partial charge < -0.3 is 30.5 Å². The van der Waals surface area contributed by atoms with Crippen LogP contribution in [0.3, 0.4) is 0 Å². The van der Waals surface area contributed by atoms with Crippen molar-refractivity contribution in [3.05, 3.63) is 0 Å². The second-order valence-electron chi connectivity index (χ2n) is 11.9. The van der Waals surface area contributed by atoms with Crippen molar-refractivity contribution in [2.24, 2.45) is 0 Å². The van der Waals surface area contributed by atoms with Crippen LogP contribution in [0.1, 0.15) is 155 Å². The van der Waals surface area contributed by atoms with E-state index in [2.05, 4.69) is 35.9 Å². The van der Waals surface area contributed by atoms with E-state index in [4.69, 9.17) is 4.74 Å². The molecule has 1 rings (SSSR count). The normalized spacial score (nSPS) is 21.7. The van der Waals surface area contributed by atoms with E-state index in [9.17, 15) is 25.2 Å². The van der Waals surface area contributed by atoms with E-state index in [0.29, 0.717) is 6.42 Å². The van der Waals surface area contributed by atoms with E-state index in [1.807, 2.05) is 0 Å². The van der Waals surface area contributed by atoms with Crippen molar-refractivity contribution in [1.29, 1.82) is 0 Å². The van der Waals surface area contributed by atoms with Gasteiger partial charge >= 0.3 is 0 Å². The maximum atomic E-state index is 12.1. The molecule has 7 nitrogen and oxygen atoms in total. The summed E-state index contributed by atoms with van der Waals surface area (Å²) in [6.07, 6.45) is 20.8. The molecule has 1 heterocycles. The third-order valence-electron chi connectivity index (χ3n) is 8.05. The van der Waals surface area contributed by atoms with Gasteiger partial charge in [0.05, 0.1) is 6.61 Å². The first-order valence-corrected chi connectivity index (χ1v) is 17.1. The number of nitrogens with one attached hydrogen (secondary N) is 1. The molecule has 0 radical (unpaired) electrons. The molecule has 0 aromatic heterocycles. The number of unbranched alkanes of at least 4 members (excludes halogenated alkanes) is 20. The first kappa shape index (κ1) is 38.4. The summed E-state index contributed by atoms with van der Waals surface area (Å²) < 4.78 is 5.30. The molecule has 1 saturated heterocycles. The molecule has 0 aliphatic carbocycles. The van der Waals surface area contributed by atoms with E-state index < -0.39 is 37.3 Å². The maximum absolute atomic E-state index is 12.1. The molecule has 242 valence electrons. The van der Waals surface area contributed by atoms with Crippen LogP contribution >= 0.6 is 0 Å². The standard InChI is InChI=1S/C35H61NO6/c1-2-3-4-5-6-7-8-9-10-11-12-13-14-15-16-17-18-19-20-21-22-23-24-25-26-27-28-31(38)36-35-34(41)33(40)32(39)30(29-37)42-35/h30,32-35,37,39-41H,2-16,21-29H2,1H3,(H,36,38)/t30-,32-,33+,34-,35-/m1/s1. The maximum Gasteiger partial charge on any atom is 0.222 e. The van der Waals surface area contributed by atoms with E-state index in [1.165, 1.54) is 89.9 Å². The molecule has 42 heavy (non-hydrogen) atoms. The van der Waals surface area contributed by atoms with Crippen molar-refractivity contribution in [3.63, 3.8) is 0 Å². The average molecular weight is 592 g/mol. The Labute approximate surface area is 256 Å². The number of carbonyl (C=O) groups is 1. The number of rotatable bonds is 24. The Bertz CT molecular complexity index is 780. The van der Waals surface area contributed by atoms with Gasteiger partial charge in [-0.15, -0.1) is 0 Å². The zero-order chi connectivity index (χ0) is 30.7. The SMILES string of the molecule is CCCCCCCCCCCCCCCCC#CC#CCCCCCCCCC(=O)N[C@@H]1O[C@H](CO)[C@@H](O)[C@H](O)[C@H]1O. The highest BCUT2D eigenvalue weighted by Crippen LogP contribution is 2.20. The summed E-state index contributed by atoms with van der Waals surface area (Å²) in [6, 6.07) is 0. The zero-order valence-corrected chi connectivity index (χ0v) is 26.5. The molecule has 0 unspecified atom stereocenters. The Morgan fingerprint density at radius 3 is 1.50 bits per heavy atom. The number of aliphatic hydroxyl groups is 4. The van der Waals surface area contributed by atoms with Crippen LogP contribution in [-0.2, 0) is 9.53 Å². The predicted molar refractivity (Wildman–Crippen MR) is 169 cm³/mol. The largest absolute Gasteiger partial charge is 0.394 e. The van der Waals surface area contributed by atoms with E-state index in [0.717, 1.165) is 51.4 Å². The Kier molecular flexibility index (Phi) is 24.7. The first-order chi connectivity index (χ1) is 20.5. The number of aliphatic hydroxyl groups excluding tert-OH is 4. The molecular formula is C35H61NO6. The second kappa shape index (κ2) is 27.0. The molecule has 0 aromatic carbocycles. The summed E-state index contributed by atoms with van der Waals surface area (Å²) in [5, 5.41) is 41.3. The monoisotopic (exact) mass is 591 g/mol. The quantitative estimate of drug-likeness (QED) is 0.0704. The van der Waals surface area contributed by atoms with Crippen LogP contribution in [0.4, 0.5) is 0 Å². The third kappa shape index (κ3) is 19.6. The van der Waals surface area contributed by atoms with Gasteiger partial charge in [0.15, 0.2) is 6.23 Å². The molecule has 0 spiro atoms. The predicted octanol–water partition coefficient (Wildman–Crippen LogP) is 5.90. The number of amides is 1. The lowest BCUT2D eigenvalue weighted by molar-refractivity contribution is -0.236. The highest BCUT2D eigenvalue weighted by molar-refractivity contribution is 5.76. The van der Waals surface area contributed by atoms with Crippen LogP contribution in [0, 0.1) is 23.7 Å². The van der Waals surface area contributed by atoms with Crippen molar-refractivity contribution in [2.45, 2.75) is 185 Å². The summed E-state index contributed by atoms with van der Waals surface area (Å²) in [5.41, 5.74) is 0. The van der Waals surface area contributed by atoms with Crippen LogP contribution < -0.4 is 5.32 Å². The van der Waals surface area contributed by atoms with Gasteiger partial charge in [0, 0.05) is 19.3 Å². The Morgan fingerprint density at radius 1 is 0.619 bits per heavy atom. The van der Waals surface area contributed by atoms with Crippen molar-refractivity contribution in [2.75, 3.05) is 6.61 Å². The van der Waals surface area contributed by atoms with Crippen molar-refractivity contribution >= 4 is 5.91 Å². The lowest BCUT2D eigenvalue weighted by Crippen LogP contribution is -2.63. The van der Waals surface area contributed by atoms with Crippen LogP contribution in [0.2, 0.25) is 0 Å². The minimum atomic E-state index is -1.49. The van der Waals surface area contributed by atoms with Crippen LogP contribution in [-0.4, -0.2) is 63.6 Å². The molecule has 0 saturated carbocycles. The summed E-state index contributed by atoms with van der Waals surface area (Å²) in [6.45, 7) is 1.76. The van der Waals surface area contributed by atoms with Crippen LogP contribution in [0.5, 0.6) is 0 Å². The number of ether oxygens (including phenoxy) is 1. The highest BCUT2D eigenvalue weighted by atomic mass is 16.6. The van der Waals surface area contributed by atoms with Gasteiger partial charge in [-0.05, 0) is 31.1 Å². The molecule has 7 heteroatoms. The molecule has 0 bridgehead atoms. The molecule has 1 amide bonds. The van der Waals surface area contributed by atoms with E-state index in [-0.39, 0.29) is 5.91 Å². The smallest absolute Gasteiger partial charge is 0.222 e. The fourth-order valence-corrected chi connectivity index (χ4v) is 5.28. The van der Waals surface area contributed by atoms with Gasteiger partial charge in [0.2, 0.25) is 5.91 Å². The molecule has 1 aliphatic rings. The Balaban J connectivity index is 1.87. The lowest BCUT2D eigenvalue weighted by Gasteiger charge is -2.40. The van der Waals surface area contributed by atoms with Gasteiger partial charge in [-0.1, -0.05) is 128 Å². The fraction of sp³-hybridized carbons (Fsp3) is 0.857. The van der Waals surface area contributed by atoms with E-state index in [1.54, 1.807) is 0 Å². The summed E-state index contributed by atoms with van der Waals surface area (Å²) in [7, 11) is 0. The van der Waals surface area contributed by atoms with Gasteiger partial charge in [0.25, 0.3) is 0 Å². The van der Waals surface area contributed by atoms with Crippen LogP contribution in [0.25, 0.3) is 0 Å².